The number of H-pyrrole nitrogens is 2. The van der Waals surface area contributed by atoms with Crippen LogP contribution in [0.15, 0.2) is 73.4 Å². The Labute approximate surface area is 182 Å². The molecule has 6 rings (SSSR count). The van der Waals surface area contributed by atoms with Crippen LogP contribution in [0.5, 0.6) is 5.75 Å². The molecule has 0 aliphatic rings. The first kappa shape index (κ1) is 18.3. The monoisotopic (exact) mass is 418 g/mol. The Balaban J connectivity index is 1.54. The third-order valence-electron chi connectivity index (χ3n) is 5.68. The van der Waals surface area contributed by atoms with Crippen molar-refractivity contribution in [2.75, 3.05) is 0 Å². The van der Waals surface area contributed by atoms with Crippen LogP contribution in [0.3, 0.4) is 0 Å². The summed E-state index contributed by atoms with van der Waals surface area (Å²) >= 11 is 0. The molecule has 6 aromatic rings. The van der Waals surface area contributed by atoms with Gasteiger partial charge in [-0.05, 0) is 60.5 Å². The van der Waals surface area contributed by atoms with Gasteiger partial charge in [0, 0.05) is 52.2 Å². The van der Waals surface area contributed by atoms with Crippen molar-refractivity contribution >= 4 is 21.8 Å². The molecule has 0 aliphatic carbocycles. The molecule has 7 nitrogen and oxygen atoms in total. The Kier molecular flexibility index (Phi) is 4.01. The summed E-state index contributed by atoms with van der Waals surface area (Å²) in [5.41, 5.74) is 8.41. The zero-order valence-electron chi connectivity index (χ0n) is 17.2. The van der Waals surface area contributed by atoms with Gasteiger partial charge in [-0.1, -0.05) is 0 Å². The molecule has 0 unspecified atom stereocenters. The van der Waals surface area contributed by atoms with Gasteiger partial charge in [0.1, 0.15) is 11.4 Å². The lowest BCUT2D eigenvalue weighted by atomic mass is 9.98. The molecular weight excluding hydrogens is 400 g/mol. The van der Waals surface area contributed by atoms with Crippen LogP contribution in [0.1, 0.15) is 5.56 Å². The maximum absolute atomic E-state index is 9.88. The SMILES string of the molecule is Cc1cc2[nH]nc(-c3cc4c(-c5cccnc5)nccc4[nH]3)c2cc1-c1cncc(O)c1. The molecule has 0 aliphatic heterocycles. The Morgan fingerprint density at radius 1 is 0.812 bits per heavy atom. The summed E-state index contributed by atoms with van der Waals surface area (Å²) in [5.74, 6) is 0.139. The summed E-state index contributed by atoms with van der Waals surface area (Å²) in [6.07, 6.45) is 8.55. The number of nitrogens with one attached hydrogen (secondary N) is 2. The average Bonchev–Trinajstić information content (AvgIpc) is 3.42. The van der Waals surface area contributed by atoms with Crippen molar-refractivity contribution in [1.82, 2.24) is 30.1 Å². The van der Waals surface area contributed by atoms with Gasteiger partial charge in [0.15, 0.2) is 0 Å². The largest absolute Gasteiger partial charge is 0.506 e. The minimum absolute atomic E-state index is 0.139. The van der Waals surface area contributed by atoms with Crippen molar-refractivity contribution in [2.45, 2.75) is 6.92 Å². The first-order valence-electron chi connectivity index (χ1n) is 10.2. The van der Waals surface area contributed by atoms with Crippen LogP contribution in [0, 0.1) is 6.92 Å². The summed E-state index contributed by atoms with van der Waals surface area (Å²) in [6, 6.07) is 13.8. The highest BCUT2D eigenvalue weighted by atomic mass is 16.3. The first-order valence-corrected chi connectivity index (χ1v) is 10.2. The van der Waals surface area contributed by atoms with Gasteiger partial charge in [-0.3, -0.25) is 20.1 Å². The quantitative estimate of drug-likeness (QED) is 0.364. The lowest BCUT2D eigenvalue weighted by Crippen LogP contribution is -1.86. The normalized spacial score (nSPS) is 11.4. The summed E-state index contributed by atoms with van der Waals surface area (Å²) < 4.78 is 0. The van der Waals surface area contributed by atoms with Crippen molar-refractivity contribution in [3.8, 4) is 39.5 Å². The van der Waals surface area contributed by atoms with Crippen LogP contribution in [-0.4, -0.2) is 35.2 Å². The number of aromatic hydroxyl groups is 1. The van der Waals surface area contributed by atoms with Crippen molar-refractivity contribution in [1.29, 1.82) is 0 Å². The lowest BCUT2D eigenvalue weighted by molar-refractivity contribution is 0.473. The van der Waals surface area contributed by atoms with E-state index in [9.17, 15) is 5.11 Å². The molecule has 1 aromatic carbocycles. The lowest BCUT2D eigenvalue weighted by Gasteiger charge is -2.07. The van der Waals surface area contributed by atoms with Crippen LogP contribution >= 0.6 is 0 Å². The fourth-order valence-corrected chi connectivity index (χ4v) is 4.18. The van der Waals surface area contributed by atoms with E-state index in [0.29, 0.717) is 0 Å². The van der Waals surface area contributed by atoms with Gasteiger partial charge in [0.25, 0.3) is 0 Å². The van der Waals surface area contributed by atoms with Crippen LogP contribution in [0.2, 0.25) is 0 Å². The highest BCUT2D eigenvalue weighted by Gasteiger charge is 2.16. The minimum Gasteiger partial charge on any atom is -0.506 e. The number of nitrogens with zero attached hydrogens (tertiary/aromatic N) is 4. The molecule has 0 fully saturated rings. The third kappa shape index (κ3) is 2.91. The Hall–Kier alpha value is -4.52. The van der Waals surface area contributed by atoms with Gasteiger partial charge in [0.05, 0.1) is 23.1 Å². The number of aromatic amines is 2. The van der Waals surface area contributed by atoms with Gasteiger partial charge in [-0.2, -0.15) is 5.10 Å². The summed E-state index contributed by atoms with van der Waals surface area (Å²) in [6.45, 7) is 2.04. The third-order valence-corrected chi connectivity index (χ3v) is 5.68. The highest BCUT2D eigenvalue weighted by molar-refractivity contribution is 6.01. The number of benzene rings is 1. The topological polar surface area (TPSA) is 103 Å². The number of fused-ring (bicyclic) bond motifs is 2. The van der Waals surface area contributed by atoms with E-state index in [1.807, 2.05) is 31.3 Å². The fraction of sp³-hybridized carbons (Fsp3) is 0.0400. The van der Waals surface area contributed by atoms with Gasteiger partial charge >= 0.3 is 0 Å². The Morgan fingerprint density at radius 3 is 2.53 bits per heavy atom. The van der Waals surface area contributed by atoms with Crippen LogP contribution in [0.4, 0.5) is 0 Å². The molecule has 0 saturated carbocycles. The molecule has 0 radical (unpaired) electrons. The van der Waals surface area contributed by atoms with Crippen LogP contribution in [-0.2, 0) is 0 Å². The highest BCUT2D eigenvalue weighted by Crippen LogP contribution is 2.35. The predicted molar refractivity (Wildman–Crippen MR) is 124 cm³/mol. The van der Waals surface area contributed by atoms with E-state index in [0.717, 1.165) is 61.1 Å². The average molecular weight is 418 g/mol. The van der Waals surface area contributed by atoms with Crippen molar-refractivity contribution < 1.29 is 5.11 Å². The summed E-state index contributed by atoms with van der Waals surface area (Å²) in [7, 11) is 0. The molecule has 0 amide bonds. The Bertz CT molecular complexity index is 1600. The standard InChI is InChI=1S/C25H18N6O/c1-14-7-22-19(9-18(14)16-8-17(32)13-27-12-16)25(31-30-22)23-10-20-21(29-23)4-6-28-24(20)15-3-2-5-26-11-15/h2-13,29,32H,1H3,(H,30,31). The van der Waals surface area contributed by atoms with Gasteiger partial charge in [-0.15, -0.1) is 0 Å². The number of hydrogen-bond donors (Lipinski definition) is 3. The Morgan fingerprint density at radius 2 is 1.69 bits per heavy atom. The van der Waals surface area contributed by atoms with E-state index in [1.54, 1.807) is 24.7 Å². The fourth-order valence-electron chi connectivity index (χ4n) is 4.18. The van der Waals surface area contributed by atoms with E-state index in [2.05, 4.69) is 48.3 Å². The van der Waals surface area contributed by atoms with Crippen LogP contribution < -0.4 is 0 Å². The second-order valence-corrected chi connectivity index (χ2v) is 7.76. The summed E-state index contributed by atoms with van der Waals surface area (Å²) in [5, 5.41) is 19.6. The molecule has 0 atom stereocenters. The van der Waals surface area contributed by atoms with Crippen LogP contribution in [0.25, 0.3) is 55.6 Å². The zero-order valence-corrected chi connectivity index (χ0v) is 17.2. The number of rotatable bonds is 3. The number of aromatic nitrogens is 6. The molecule has 0 saturated heterocycles. The molecule has 7 heteroatoms. The second-order valence-electron chi connectivity index (χ2n) is 7.76. The van der Waals surface area contributed by atoms with E-state index < -0.39 is 0 Å². The smallest absolute Gasteiger partial charge is 0.134 e. The predicted octanol–water partition coefficient (Wildman–Crippen LogP) is 5.24. The van der Waals surface area contributed by atoms with E-state index in [-0.39, 0.29) is 5.75 Å². The maximum atomic E-state index is 9.88. The first-order chi connectivity index (χ1) is 15.7. The van der Waals surface area contributed by atoms with Crippen molar-refractivity contribution in [3.63, 3.8) is 0 Å². The molecule has 0 bridgehead atoms. The molecule has 3 N–H and O–H groups in total. The van der Waals surface area contributed by atoms with Crippen molar-refractivity contribution in [3.05, 3.63) is 79.0 Å². The van der Waals surface area contributed by atoms with Gasteiger partial charge in [0.2, 0.25) is 0 Å². The van der Waals surface area contributed by atoms with E-state index >= 15 is 0 Å². The van der Waals surface area contributed by atoms with E-state index in [1.165, 1.54) is 6.20 Å². The molecule has 5 heterocycles. The molecule has 5 aromatic heterocycles. The summed E-state index contributed by atoms with van der Waals surface area (Å²) in [4.78, 5) is 16.4. The molecule has 0 spiro atoms. The minimum atomic E-state index is 0.139. The maximum Gasteiger partial charge on any atom is 0.134 e. The van der Waals surface area contributed by atoms with Gasteiger partial charge in [-0.25, -0.2) is 0 Å². The second kappa shape index (κ2) is 7.02. The number of aryl methyl sites for hydroxylation is 1. The van der Waals surface area contributed by atoms with Crippen molar-refractivity contribution in [2.24, 2.45) is 0 Å². The van der Waals surface area contributed by atoms with Gasteiger partial charge < -0.3 is 10.1 Å². The molecular formula is C25H18N6O. The molecule has 32 heavy (non-hydrogen) atoms. The van der Waals surface area contributed by atoms with E-state index in [4.69, 9.17) is 0 Å². The number of hydrogen-bond acceptors (Lipinski definition) is 5. The zero-order chi connectivity index (χ0) is 21.7. The number of pyridine rings is 3. The molecule has 154 valence electrons.